The van der Waals surface area contributed by atoms with Crippen molar-refractivity contribution in [3.05, 3.63) is 16.1 Å². The standard InChI is InChI=1S/C16H27N3OS/c1-4-16-18-14(11-21-16)9-15(20)17-13-5-7-19(8-6-13)10-12(2)3/h11-13H,4-10H2,1-3H3,(H,17,20). The van der Waals surface area contributed by atoms with Crippen LogP contribution in [0.5, 0.6) is 0 Å². The van der Waals surface area contributed by atoms with E-state index in [9.17, 15) is 4.79 Å². The molecule has 2 rings (SSSR count). The molecule has 1 N–H and O–H groups in total. The van der Waals surface area contributed by atoms with Gasteiger partial charge in [-0.3, -0.25) is 4.79 Å². The molecule has 0 radical (unpaired) electrons. The average molecular weight is 309 g/mol. The Kier molecular flexibility index (Phi) is 6.18. The van der Waals surface area contributed by atoms with E-state index in [-0.39, 0.29) is 5.91 Å². The zero-order chi connectivity index (χ0) is 15.2. The van der Waals surface area contributed by atoms with Crippen LogP contribution in [0.15, 0.2) is 5.38 Å². The molecular formula is C16H27N3OS. The minimum absolute atomic E-state index is 0.116. The molecule has 5 heteroatoms. The van der Waals surface area contributed by atoms with Crippen LogP contribution in [0.2, 0.25) is 0 Å². The van der Waals surface area contributed by atoms with Crippen LogP contribution in [0.1, 0.15) is 44.3 Å². The van der Waals surface area contributed by atoms with Crippen LogP contribution >= 0.6 is 11.3 Å². The van der Waals surface area contributed by atoms with E-state index >= 15 is 0 Å². The maximum atomic E-state index is 12.1. The zero-order valence-electron chi connectivity index (χ0n) is 13.4. The van der Waals surface area contributed by atoms with Crippen LogP contribution in [0, 0.1) is 5.92 Å². The van der Waals surface area contributed by atoms with Gasteiger partial charge in [0, 0.05) is 31.1 Å². The molecule has 0 atom stereocenters. The SMILES string of the molecule is CCc1nc(CC(=O)NC2CCN(CC(C)C)CC2)cs1. The Bertz CT molecular complexity index is 450. The van der Waals surface area contributed by atoms with Crippen molar-refractivity contribution in [1.82, 2.24) is 15.2 Å². The van der Waals surface area contributed by atoms with Crippen molar-refractivity contribution in [3.63, 3.8) is 0 Å². The van der Waals surface area contributed by atoms with Crippen molar-refractivity contribution in [1.29, 1.82) is 0 Å². The quantitative estimate of drug-likeness (QED) is 0.878. The van der Waals surface area contributed by atoms with Gasteiger partial charge in [0.25, 0.3) is 0 Å². The molecule has 1 saturated heterocycles. The number of carbonyl (C=O) groups is 1. The Hall–Kier alpha value is -0.940. The third kappa shape index (κ3) is 5.40. The Morgan fingerprint density at radius 3 is 2.76 bits per heavy atom. The summed E-state index contributed by atoms with van der Waals surface area (Å²) in [6.45, 7) is 9.96. The van der Waals surface area contributed by atoms with Crippen LogP contribution < -0.4 is 5.32 Å². The fourth-order valence-electron chi connectivity index (χ4n) is 2.81. The van der Waals surface area contributed by atoms with Crippen molar-refractivity contribution in [2.75, 3.05) is 19.6 Å². The summed E-state index contributed by atoms with van der Waals surface area (Å²) >= 11 is 1.65. The smallest absolute Gasteiger partial charge is 0.226 e. The molecule has 0 aliphatic carbocycles. The monoisotopic (exact) mass is 309 g/mol. The highest BCUT2D eigenvalue weighted by Gasteiger charge is 2.21. The maximum Gasteiger partial charge on any atom is 0.226 e. The molecule has 0 spiro atoms. The molecule has 118 valence electrons. The highest BCUT2D eigenvalue weighted by Crippen LogP contribution is 2.13. The van der Waals surface area contributed by atoms with Gasteiger partial charge in [0.1, 0.15) is 0 Å². The van der Waals surface area contributed by atoms with E-state index in [0.29, 0.717) is 18.4 Å². The molecule has 21 heavy (non-hydrogen) atoms. The van der Waals surface area contributed by atoms with Gasteiger partial charge >= 0.3 is 0 Å². The summed E-state index contributed by atoms with van der Waals surface area (Å²) < 4.78 is 0. The molecule has 1 amide bonds. The van der Waals surface area contributed by atoms with Gasteiger partial charge in [-0.15, -0.1) is 11.3 Å². The second-order valence-corrected chi connectivity index (χ2v) is 7.24. The van der Waals surface area contributed by atoms with E-state index in [1.54, 1.807) is 11.3 Å². The summed E-state index contributed by atoms with van der Waals surface area (Å²) in [5.74, 6) is 0.832. The van der Waals surface area contributed by atoms with E-state index in [2.05, 4.69) is 36.0 Å². The molecule has 2 heterocycles. The lowest BCUT2D eigenvalue weighted by molar-refractivity contribution is -0.121. The fourth-order valence-corrected chi connectivity index (χ4v) is 3.56. The Balaban J connectivity index is 1.71. The number of hydrogen-bond donors (Lipinski definition) is 1. The summed E-state index contributed by atoms with van der Waals surface area (Å²) in [5.41, 5.74) is 0.909. The number of amides is 1. The van der Waals surface area contributed by atoms with Gasteiger partial charge in [0.2, 0.25) is 5.91 Å². The van der Waals surface area contributed by atoms with Gasteiger partial charge in [-0.2, -0.15) is 0 Å². The first-order valence-corrected chi connectivity index (χ1v) is 8.89. The highest BCUT2D eigenvalue weighted by molar-refractivity contribution is 7.09. The number of thiazole rings is 1. The van der Waals surface area contributed by atoms with E-state index in [1.165, 1.54) is 6.54 Å². The molecule has 0 saturated carbocycles. The molecule has 1 fully saturated rings. The van der Waals surface area contributed by atoms with Crippen LogP contribution in [0.4, 0.5) is 0 Å². The third-order valence-electron chi connectivity index (χ3n) is 3.82. The highest BCUT2D eigenvalue weighted by atomic mass is 32.1. The second kappa shape index (κ2) is 7.90. The predicted molar refractivity (Wildman–Crippen MR) is 87.6 cm³/mol. The van der Waals surface area contributed by atoms with Crippen LogP contribution in [0.25, 0.3) is 0 Å². The lowest BCUT2D eigenvalue weighted by atomic mass is 10.0. The minimum Gasteiger partial charge on any atom is -0.353 e. The number of aryl methyl sites for hydroxylation is 1. The lowest BCUT2D eigenvalue weighted by Crippen LogP contribution is -2.45. The van der Waals surface area contributed by atoms with Gasteiger partial charge in [-0.1, -0.05) is 20.8 Å². The number of piperidine rings is 1. The number of hydrogen-bond acceptors (Lipinski definition) is 4. The van der Waals surface area contributed by atoms with Crippen LogP contribution in [0.3, 0.4) is 0 Å². The van der Waals surface area contributed by atoms with Crippen LogP contribution in [-0.2, 0) is 17.6 Å². The Morgan fingerprint density at radius 1 is 1.48 bits per heavy atom. The lowest BCUT2D eigenvalue weighted by Gasteiger charge is -2.33. The van der Waals surface area contributed by atoms with Gasteiger partial charge < -0.3 is 10.2 Å². The number of rotatable bonds is 6. The molecule has 0 bridgehead atoms. The summed E-state index contributed by atoms with van der Waals surface area (Å²) in [4.78, 5) is 19.0. The Labute approximate surface area is 132 Å². The molecular weight excluding hydrogens is 282 g/mol. The largest absolute Gasteiger partial charge is 0.353 e. The molecule has 1 aromatic heterocycles. The minimum atomic E-state index is 0.116. The second-order valence-electron chi connectivity index (χ2n) is 6.30. The first kappa shape index (κ1) is 16.4. The van der Waals surface area contributed by atoms with E-state index in [0.717, 1.165) is 43.1 Å². The van der Waals surface area contributed by atoms with Gasteiger partial charge in [-0.05, 0) is 25.2 Å². The number of likely N-dealkylation sites (tertiary alicyclic amines) is 1. The first-order valence-electron chi connectivity index (χ1n) is 8.01. The molecule has 1 aliphatic rings. The van der Waals surface area contributed by atoms with Gasteiger partial charge in [0.05, 0.1) is 17.1 Å². The summed E-state index contributed by atoms with van der Waals surface area (Å²) in [7, 11) is 0. The topological polar surface area (TPSA) is 45.2 Å². The maximum absolute atomic E-state index is 12.1. The van der Waals surface area contributed by atoms with Crippen molar-refractivity contribution in [3.8, 4) is 0 Å². The normalized spacial score (nSPS) is 17.3. The van der Waals surface area contributed by atoms with Crippen LogP contribution in [-0.4, -0.2) is 41.5 Å². The molecule has 4 nitrogen and oxygen atoms in total. The van der Waals surface area contributed by atoms with Crippen molar-refractivity contribution in [2.24, 2.45) is 5.92 Å². The summed E-state index contributed by atoms with van der Waals surface area (Å²) in [6.07, 6.45) is 3.49. The van der Waals surface area contributed by atoms with E-state index in [4.69, 9.17) is 0 Å². The van der Waals surface area contributed by atoms with E-state index < -0.39 is 0 Å². The average Bonchev–Trinajstić information content (AvgIpc) is 2.88. The first-order chi connectivity index (χ1) is 10.1. The molecule has 1 aliphatic heterocycles. The van der Waals surface area contributed by atoms with Crippen molar-refractivity contribution in [2.45, 2.75) is 52.5 Å². The number of nitrogens with one attached hydrogen (secondary N) is 1. The molecule has 0 unspecified atom stereocenters. The number of carbonyl (C=O) groups excluding carboxylic acids is 1. The summed E-state index contributed by atoms with van der Waals surface area (Å²) in [6, 6.07) is 0.338. The fraction of sp³-hybridized carbons (Fsp3) is 0.750. The molecule has 0 aromatic carbocycles. The van der Waals surface area contributed by atoms with Crippen molar-refractivity contribution >= 4 is 17.2 Å². The predicted octanol–water partition coefficient (Wildman–Crippen LogP) is 2.48. The van der Waals surface area contributed by atoms with E-state index in [1.807, 2.05) is 5.38 Å². The molecule has 1 aromatic rings. The number of aromatic nitrogens is 1. The zero-order valence-corrected chi connectivity index (χ0v) is 14.2. The number of nitrogens with zero attached hydrogens (tertiary/aromatic N) is 2. The third-order valence-corrected chi connectivity index (χ3v) is 4.86. The van der Waals surface area contributed by atoms with Gasteiger partial charge in [-0.25, -0.2) is 4.98 Å². The van der Waals surface area contributed by atoms with Crippen molar-refractivity contribution < 1.29 is 4.79 Å². The van der Waals surface area contributed by atoms with Gasteiger partial charge in [0.15, 0.2) is 0 Å². The summed E-state index contributed by atoms with van der Waals surface area (Å²) in [5, 5.41) is 6.28. The Morgan fingerprint density at radius 2 is 2.19 bits per heavy atom.